The summed E-state index contributed by atoms with van der Waals surface area (Å²) in [7, 11) is 0. The highest BCUT2D eigenvalue weighted by atomic mass is 35.5. The molecule has 0 fully saturated rings. The van der Waals surface area contributed by atoms with Crippen molar-refractivity contribution in [3.63, 3.8) is 0 Å². The Morgan fingerprint density at radius 2 is 1.70 bits per heavy atom. The number of halogens is 4. The van der Waals surface area contributed by atoms with Crippen LogP contribution in [0.4, 0.5) is 13.2 Å². The predicted octanol–water partition coefficient (Wildman–Crippen LogP) is 4.09. The van der Waals surface area contributed by atoms with Crippen LogP contribution < -0.4 is 0 Å². The Balaban J connectivity index is 2.37. The summed E-state index contributed by atoms with van der Waals surface area (Å²) in [4.78, 5) is 7.57. The Hall–Kier alpha value is -2.08. The minimum atomic E-state index is -4.58. The smallest absolute Gasteiger partial charge is 0.273 e. The molecule has 3 aromatic rings. The van der Waals surface area contributed by atoms with Gasteiger partial charge in [-0.15, -0.1) is 0 Å². The lowest BCUT2D eigenvalue weighted by Crippen LogP contribution is -2.14. The van der Waals surface area contributed by atoms with Crippen LogP contribution in [0.3, 0.4) is 0 Å². The molecule has 1 aromatic carbocycles. The molecule has 0 radical (unpaired) electrons. The Bertz CT molecular complexity index is 780. The fourth-order valence-electron chi connectivity index (χ4n) is 1.97. The van der Waals surface area contributed by atoms with E-state index in [1.807, 2.05) is 0 Å². The predicted molar refractivity (Wildman–Crippen MR) is 68.9 cm³/mol. The summed E-state index contributed by atoms with van der Waals surface area (Å²) >= 11 is 5.75. The van der Waals surface area contributed by atoms with E-state index in [9.17, 15) is 13.2 Å². The SMILES string of the molecule is FC(F)(F)c1nc2ccccc2n1-c1cccc(Cl)n1. The molecule has 3 nitrogen and oxygen atoms in total. The van der Waals surface area contributed by atoms with Gasteiger partial charge in [-0.05, 0) is 24.3 Å². The first-order valence-corrected chi connectivity index (χ1v) is 6.02. The first-order valence-electron chi connectivity index (χ1n) is 5.64. The van der Waals surface area contributed by atoms with E-state index >= 15 is 0 Å². The topological polar surface area (TPSA) is 30.7 Å². The van der Waals surface area contributed by atoms with Crippen molar-refractivity contribution in [1.82, 2.24) is 14.5 Å². The van der Waals surface area contributed by atoms with Crippen molar-refractivity contribution < 1.29 is 13.2 Å². The maximum atomic E-state index is 13.1. The standard InChI is InChI=1S/C13H7ClF3N3/c14-10-6-3-7-11(19-10)20-9-5-2-1-4-8(9)18-12(20)13(15,16)17/h1-7H. The summed E-state index contributed by atoms with van der Waals surface area (Å²) in [6.07, 6.45) is -4.58. The Kier molecular flexibility index (Phi) is 2.90. The molecule has 0 aliphatic carbocycles. The fraction of sp³-hybridized carbons (Fsp3) is 0.0769. The van der Waals surface area contributed by atoms with E-state index in [2.05, 4.69) is 9.97 Å². The zero-order chi connectivity index (χ0) is 14.3. The van der Waals surface area contributed by atoms with Gasteiger partial charge in [0.05, 0.1) is 11.0 Å². The molecule has 3 rings (SSSR count). The van der Waals surface area contributed by atoms with E-state index in [0.29, 0.717) is 5.52 Å². The summed E-state index contributed by atoms with van der Waals surface area (Å²) in [5, 5.41) is 0.119. The van der Waals surface area contributed by atoms with E-state index in [0.717, 1.165) is 4.57 Å². The van der Waals surface area contributed by atoms with Crippen molar-refractivity contribution in [3.8, 4) is 5.82 Å². The van der Waals surface area contributed by atoms with E-state index in [1.54, 1.807) is 24.3 Å². The van der Waals surface area contributed by atoms with Crippen molar-refractivity contribution in [3.05, 3.63) is 53.4 Å². The lowest BCUT2D eigenvalue weighted by Gasteiger charge is -2.10. The Morgan fingerprint density at radius 3 is 2.40 bits per heavy atom. The molecule has 0 saturated heterocycles. The fourth-order valence-corrected chi connectivity index (χ4v) is 2.13. The van der Waals surface area contributed by atoms with Crippen LogP contribution in [0.25, 0.3) is 16.9 Å². The second-order valence-electron chi connectivity index (χ2n) is 4.08. The number of aromatic nitrogens is 3. The molecular weight excluding hydrogens is 291 g/mol. The number of imidazole rings is 1. The number of rotatable bonds is 1. The molecule has 7 heteroatoms. The molecule has 0 saturated carbocycles. The third-order valence-corrected chi connectivity index (χ3v) is 2.95. The number of hydrogen-bond donors (Lipinski definition) is 0. The molecule has 0 atom stereocenters. The monoisotopic (exact) mass is 297 g/mol. The van der Waals surface area contributed by atoms with Crippen molar-refractivity contribution >= 4 is 22.6 Å². The van der Waals surface area contributed by atoms with E-state index < -0.39 is 12.0 Å². The molecule has 2 aromatic heterocycles. The van der Waals surface area contributed by atoms with Crippen LogP contribution >= 0.6 is 11.6 Å². The number of benzene rings is 1. The van der Waals surface area contributed by atoms with Crippen LogP contribution in [0.15, 0.2) is 42.5 Å². The van der Waals surface area contributed by atoms with Crippen LogP contribution in [0.2, 0.25) is 5.15 Å². The van der Waals surface area contributed by atoms with Gasteiger partial charge in [-0.1, -0.05) is 29.8 Å². The molecular formula is C13H7ClF3N3. The van der Waals surface area contributed by atoms with Crippen LogP contribution in [0, 0.1) is 0 Å². The van der Waals surface area contributed by atoms with E-state index in [4.69, 9.17) is 11.6 Å². The quantitative estimate of drug-likeness (QED) is 0.633. The van der Waals surface area contributed by atoms with Crippen molar-refractivity contribution in [2.75, 3.05) is 0 Å². The lowest BCUT2D eigenvalue weighted by atomic mass is 10.3. The summed E-state index contributed by atoms with van der Waals surface area (Å²) in [5.41, 5.74) is 0.580. The second kappa shape index (κ2) is 4.49. The summed E-state index contributed by atoms with van der Waals surface area (Å²) < 4.78 is 40.3. The average molecular weight is 298 g/mol. The molecule has 0 amide bonds. The van der Waals surface area contributed by atoms with Crippen molar-refractivity contribution in [2.24, 2.45) is 0 Å². The summed E-state index contributed by atoms with van der Waals surface area (Å²) in [5.74, 6) is -0.938. The zero-order valence-electron chi connectivity index (χ0n) is 9.89. The highest BCUT2D eigenvalue weighted by Crippen LogP contribution is 2.33. The Morgan fingerprint density at radius 1 is 0.950 bits per heavy atom. The lowest BCUT2D eigenvalue weighted by molar-refractivity contribution is -0.145. The van der Waals surface area contributed by atoms with E-state index in [-0.39, 0.29) is 16.5 Å². The maximum Gasteiger partial charge on any atom is 0.450 e. The molecule has 0 aliphatic rings. The van der Waals surface area contributed by atoms with Crippen LogP contribution in [0.1, 0.15) is 5.82 Å². The number of pyridine rings is 1. The van der Waals surface area contributed by atoms with Crippen LogP contribution in [-0.2, 0) is 6.18 Å². The number of fused-ring (bicyclic) bond motifs is 1. The van der Waals surface area contributed by atoms with Gasteiger partial charge in [0, 0.05) is 0 Å². The third kappa shape index (κ3) is 2.12. The largest absolute Gasteiger partial charge is 0.450 e. The highest BCUT2D eigenvalue weighted by Gasteiger charge is 2.38. The van der Waals surface area contributed by atoms with Crippen molar-refractivity contribution in [1.29, 1.82) is 0 Å². The molecule has 102 valence electrons. The molecule has 0 bridgehead atoms. The number of hydrogen-bond acceptors (Lipinski definition) is 2. The molecule has 20 heavy (non-hydrogen) atoms. The van der Waals surface area contributed by atoms with Gasteiger partial charge in [0.15, 0.2) is 0 Å². The zero-order valence-corrected chi connectivity index (χ0v) is 10.7. The minimum absolute atomic E-state index is 0.0820. The molecule has 0 unspecified atom stereocenters. The number of alkyl halides is 3. The van der Waals surface area contributed by atoms with Gasteiger partial charge in [0.1, 0.15) is 11.0 Å². The number of para-hydroxylation sites is 2. The van der Waals surface area contributed by atoms with Gasteiger partial charge in [0.25, 0.3) is 0 Å². The van der Waals surface area contributed by atoms with Gasteiger partial charge in [-0.2, -0.15) is 13.2 Å². The second-order valence-corrected chi connectivity index (χ2v) is 4.46. The third-order valence-electron chi connectivity index (χ3n) is 2.74. The van der Waals surface area contributed by atoms with Crippen molar-refractivity contribution in [2.45, 2.75) is 6.18 Å². The van der Waals surface area contributed by atoms with E-state index in [1.165, 1.54) is 18.2 Å². The van der Waals surface area contributed by atoms with Gasteiger partial charge < -0.3 is 0 Å². The Labute approximate surface area is 116 Å². The van der Waals surface area contributed by atoms with Gasteiger partial charge in [-0.3, -0.25) is 4.57 Å². The normalized spacial score (nSPS) is 12.0. The van der Waals surface area contributed by atoms with Gasteiger partial charge >= 0.3 is 6.18 Å². The highest BCUT2D eigenvalue weighted by molar-refractivity contribution is 6.29. The number of nitrogens with zero attached hydrogens (tertiary/aromatic N) is 3. The van der Waals surface area contributed by atoms with Gasteiger partial charge in [0.2, 0.25) is 5.82 Å². The average Bonchev–Trinajstić information content (AvgIpc) is 2.78. The molecule has 2 heterocycles. The van der Waals surface area contributed by atoms with Crippen LogP contribution in [0.5, 0.6) is 0 Å². The molecule has 0 aliphatic heterocycles. The summed E-state index contributed by atoms with van der Waals surface area (Å²) in [6.45, 7) is 0. The summed E-state index contributed by atoms with van der Waals surface area (Å²) in [6, 6.07) is 10.8. The molecule has 0 N–H and O–H groups in total. The molecule has 0 spiro atoms. The first kappa shape index (κ1) is 12.9. The first-order chi connectivity index (χ1) is 9.47. The maximum absolute atomic E-state index is 13.1. The van der Waals surface area contributed by atoms with Gasteiger partial charge in [-0.25, -0.2) is 9.97 Å². The minimum Gasteiger partial charge on any atom is -0.273 e. The van der Waals surface area contributed by atoms with Crippen LogP contribution in [-0.4, -0.2) is 14.5 Å².